The van der Waals surface area contributed by atoms with Crippen LogP contribution in [0.2, 0.25) is 0 Å². The number of carbonyl (C=O) groups excluding carboxylic acids is 1. The third-order valence-electron chi connectivity index (χ3n) is 5.54. The molecule has 1 saturated heterocycles. The first-order chi connectivity index (χ1) is 13.1. The van der Waals surface area contributed by atoms with Crippen molar-refractivity contribution in [2.75, 3.05) is 13.2 Å². The third-order valence-corrected chi connectivity index (χ3v) is 5.54. The average molecular weight is 368 g/mol. The van der Waals surface area contributed by atoms with E-state index >= 15 is 0 Å². The van der Waals surface area contributed by atoms with E-state index < -0.39 is 17.5 Å². The van der Waals surface area contributed by atoms with E-state index in [1.165, 1.54) is 0 Å². The lowest BCUT2D eigenvalue weighted by Crippen LogP contribution is -2.61. The van der Waals surface area contributed by atoms with Gasteiger partial charge < -0.3 is 15.1 Å². The summed E-state index contributed by atoms with van der Waals surface area (Å²) in [4.78, 5) is 24.6. The van der Waals surface area contributed by atoms with Crippen LogP contribution in [0.3, 0.4) is 0 Å². The zero-order valence-electron chi connectivity index (χ0n) is 14.6. The Labute approximate surface area is 156 Å². The molecule has 1 heterocycles. The number of nitrogens with zero attached hydrogens (tertiary/aromatic N) is 1. The molecule has 0 unspecified atom stereocenters. The van der Waals surface area contributed by atoms with Crippen LogP contribution in [0.5, 0.6) is 0 Å². The lowest BCUT2D eigenvalue weighted by atomic mass is 9.96. The number of hydrogen-bond acceptors (Lipinski definition) is 6. The minimum Gasteiger partial charge on any atom is -0.479 e. The number of carbonyl (C=O) groups is 2. The van der Waals surface area contributed by atoms with Crippen molar-refractivity contribution in [3.05, 3.63) is 59.7 Å². The van der Waals surface area contributed by atoms with E-state index in [-0.39, 0.29) is 25.5 Å². The second-order valence-corrected chi connectivity index (χ2v) is 6.85. The van der Waals surface area contributed by atoms with Crippen LogP contribution >= 0.6 is 0 Å². The summed E-state index contributed by atoms with van der Waals surface area (Å²) < 4.78 is 5.51. The number of carboxylic acid groups (broad SMARTS) is 1. The van der Waals surface area contributed by atoms with E-state index in [9.17, 15) is 19.9 Å². The van der Waals surface area contributed by atoms with Gasteiger partial charge >= 0.3 is 11.9 Å². The number of hydrogen-bond donors (Lipinski definition) is 3. The second-order valence-electron chi connectivity index (χ2n) is 6.85. The van der Waals surface area contributed by atoms with E-state index in [0.29, 0.717) is 6.42 Å². The van der Waals surface area contributed by atoms with Gasteiger partial charge in [0, 0.05) is 12.5 Å². The summed E-state index contributed by atoms with van der Waals surface area (Å²) in [5, 5.41) is 19.9. The molecular weight excluding hydrogens is 348 g/mol. The number of nitrogens with one attached hydrogen (secondary N) is 1. The van der Waals surface area contributed by atoms with Gasteiger partial charge in [0.05, 0.1) is 0 Å². The Hall–Kier alpha value is -2.74. The predicted octanol–water partition coefficient (Wildman–Crippen LogP) is 2.16. The third kappa shape index (κ3) is 2.63. The zero-order chi connectivity index (χ0) is 19.0. The Morgan fingerprint density at radius 2 is 1.70 bits per heavy atom. The molecule has 2 aromatic rings. The van der Waals surface area contributed by atoms with Crippen LogP contribution in [0.15, 0.2) is 48.5 Å². The van der Waals surface area contributed by atoms with Crippen LogP contribution in [0.25, 0.3) is 11.1 Å². The minimum atomic E-state index is -1.91. The molecule has 0 bridgehead atoms. The molecule has 0 radical (unpaired) electrons. The summed E-state index contributed by atoms with van der Waals surface area (Å²) in [6.07, 6.45) is 0.538. The molecule has 1 fully saturated rings. The molecule has 27 heavy (non-hydrogen) atoms. The van der Waals surface area contributed by atoms with Crippen LogP contribution in [-0.2, 0) is 14.3 Å². The Kier molecular flexibility index (Phi) is 4.43. The first-order valence-electron chi connectivity index (χ1n) is 8.86. The highest BCUT2D eigenvalue weighted by Crippen LogP contribution is 2.44. The quantitative estimate of drug-likeness (QED) is 0.422. The molecule has 4 rings (SSSR count). The number of ether oxygens (including phenoxy) is 1. The second kappa shape index (κ2) is 6.77. The molecule has 0 aromatic heterocycles. The van der Waals surface area contributed by atoms with Crippen LogP contribution in [0, 0.1) is 0 Å². The van der Waals surface area contributed by atoms with Gasteiger partial charge in [0.2, 0.25) is 5.54 Å². The van der Waals surface area contributed by atoms with Gasteiger partial charge in [0.1, 0.15) is 6.61 Å². The van der Waals surface area contributed by atoms with E-state index in [0.717, 1.165) is 27.3 Å². The van der Waals surface area contributed by atoms with Crippen molar-refractivity contribution in [1.29, 1.82) is 0 Å². The number of fused-ring (bicyclic) bond motifs is 3. The van der Waals surface area contributed by atoms with Gasteiger partial charge in [-0.2, -0.15) is 5.01 Å². The van der Waals surface area contributed by atoms with Gasteiger partial charge in [-0.25, -0.2) is 9.59 Å². The van der Waals surface area contributed by atoms with Gasteiger partial charge in [-0.05, 0) is 35.1 Å². The molecule has 2 aromatic carbocycles. The summed E-state index contributed by atoms with van der Waals surface area (Å²) in [5.41, 5.74) is 4.23. The van der Waals surface area contributed by atoms with Crippen LogP contribution in [0.1, 0.15) is 29.9 Å². The van der Waals surface area contributed by atoms with Gasteiger partial charge in [-0.15, -0.1) is 5.59 Å². The molecule has 1 aliphatic heterocycles. The maximum atomic E-state index is 12.8. The summed E-state index contributed by atoms with van der Waals surface area (Å²) in [6.45, 7) is 0.286. The highest BCUT2D eigenvalue weighted by molar-refractivity contribution is 6.04. The molecule has 7 heteroatoms. The fraction of sp³-hybridized carbons (Fsp3) is 0.300. The maximum Gasteiger partial charge on any atom is 0.339 e. The highest BCUT2D eigenvalue weighted by atomic mass is 16.5. The Bertz CT molecular complexity index is 854. The molecule has 0 saturated carbocycles. The zero-order valence-corrected chi connectivity index (χ0v) is 14.6. The largest absolute Gasteiger partial charge is 0.479 e. The van der Waals surface area contributed by atoms with Crippen molar-refractivity contribution in [3.8, 4) is 11.1 Å². The Balaban J connectivity index is 1.60. The van der Waals surface area contributed by atoms with Crippen LogP contribution < -0.4 is 5.59 Å². The molecule has 1 atom stereocenters. The summed E-state index contributed by atoms with van der Waals surface area (Å²) in [5.74, 6) is -2.35. The Morgan fingerprint density at radius 1 is 1.11 bits per heavy atom. The number of esters is 1. The normalized spacial score (nSPS) is 21.7. The lowest BCUT2D eigenvalue weighted by Gasteiger charge is -2.30. The van der Waals surface area contributed by atoms with Crippen molar-refractivity contribution in [1.82, 2.24) is 10.6 Å². The molecule has 2 aliphatic rings. The van der Waals surface area contributed by atoms with Gasteiger partial charge in [-0.1, -0.05) is 48.5 Å². The molecular formula is C20H20N2O5. The standard InChI is InChI=1S/C20H20N2O5/c23-18(24)20(10-5-11-22(20)21-26)19(25)27-12-17-15-8-3-1-6-13(15)14-7-2-4-9-16(14)17/h1-4,6-9,17,21,26H,5,10-12H2,(H,23,24)/t20-/m0/s1. The van der Waals surface area contributed by atoms with Crippen molar-refractivity contribution in [3.63, 3.8) is 0 Å². The summed E-state index contributed by atoms with van der Waals surface area (Å²) in [7, 11) is 0. The van der Waals surface area contributed by atoms with Gasteiger partial charge in [-0.3, -0.25) is 0 Å². The minimum absolute atomic E-state index is 0.0428. The fourth-order valence-electron chi connectivity index (χ4n) is 4.19. The fourth-order valence-corrected chi connectivity index (χ4v) is 4.19. The summed E-state index contributed by atoms with van der Waals surface area (Å²) >= 11 is 0. The van der Waals surface area contributed by atoms with Crippen molar-refractivity contribution in [2.24, 2.45) is 0 Å². The number of carboxylic acids is 1. The van der Waals surface area contributed by atoms with Gasteiger partial charge in [0.25, 0.3) is 0 Å². The number of hydrazine groups is 1. The van der Waals surface area contributed by atoms with Crippen molar-refractivity contribution >= 4 is 11.9 Å². The molecule has 0 amide bonds. The molecule has 140 valence electrons. The molecule has 0 spiro atoms. The topological polar surface area (TPSA) is 99.1 Å². The smallest absolute Gasteiger partial charge is 0.339 e. The predicted molar refractivity (Wildman–Crippen MR) is 95.9 cm³/mol. The van der Waals surface area contributed by atoms with E-state index in [1.54, 1.807) is 0 Å². The van der Waals surface area contributed by atoms with Crippen molar-refractivity contribution < 1.29 is 24.6 Å². The van der Waals surface area contributed by atoms with Crippen LogP contribution in [0.4, 0.5) is 0 Å². The summed E-state index contributed by atoms with van der Waals surface area (Å²) in [6, 6.07) is 15.9. The van der Waals surface area contributed by atoms with E-state index in [4.69, 9.17) is 4.74 Å². The number of benzene rings is 2. The number of rotatable bonds is 5. The van der Waals surface area contributed by atoms with E-state index in [2.05, 4.69) is 0 Å². The van der Waals surface area contributed by atoms with Gasteiger partial charge in [0.15, 0.2) is 0 Å². The highest BCUT2D eigenvalue weighted by Gasteiger charge is 2.56. The number of aliphatic carboxylic acids is 1. The van der Waals surface area contributed by atoms with Crippen LogP contribution in [-0.4, -0.2) is 46.0 Å². The van der Waals surface area contributed by atoms with Crippen molar-refractivity contribution in [2.45, 2.75) is 24.3 Å². The monoisotopic (exact) mass is 368 g/mol. The lowest BCUT2D eigenvalue weighted by molar-refractivity contribution is -0.180. The first-order valence-corrected chi connectivity index (χ1v) is 8.86. The SMILES string of the molecule is O=C(O)[C@]1(C(=O)OCC2c3ccccc3-c3ccccc32)CCCN1NO. The first kappa shape index (κ1) is 17.7. The Morgan fingerprint density at radius 3 is 2.26 bits per heavy atom. The van der Waals surface area contributed by atoms with E-state index in [1.807, 2.05) is 54.1 Å². The average Bonchev–Trinajstić information content (AvgIpc) is 3.26. The maximum absolute atomic E-state index is 12.8. The molecule has 7 nitrogen and oxygen atoms in total. The molecule has 3 N–H and O–H groups in total. The molecule has 1 aliphatic carbocycles.